The maximum Gasteiger partial charge on any atom is 0.416 e. The van der Waals surface area contributed by atoms with Gasteiger partial charge < -0.3 is 20.1 Å². The first kappa shape index (κ1) is 25.9. The minimum Gasteiger partial charge on any atom is -0.493 e. The second-order valence-corrected chi connectivity index (χ2v) is 6.52. The van der Waals surface area contributed by atoms with Crippen LogP contribution in [0.3, 0.4) is 0 Å². The first-order valence-corrected chi connectivity index (χ1v) is 9.64. The van der Waals surface area contributed by atoms with Crippen molar-refractivity contribution in [1.29, 1.82) is 0 Å². The minimum atomic E-state index is -4.53. The molecule has 0 aliphatic carbocycles. The van der Waals surface area contributed by atoms with Crippen molar-refractivity contribution in [2.75, 3.05) is 25.6 Å². The average Bonchev–Trinajstić information content (AvgIpc) is 2.81. The lowest BCUT2D eigenvalue weighted by atomic mass is 10.2. The predicted octanol–water partition coefficient (Wildman–Crippen LogP) is 2.48. The first-order valence-electron chi connectivity index (χ1n) is 9.64. The van der Waals surface area contributed by atoms with E-state index in [2.05, 4.69) is 27.7 Å². The van der Waals surface area contributed by atoms with Crippen LogP contribution in [0.1, 0.15) is 11.1 Å². The van der Waals surface area contributed by atoms with Gasteiger partial charge in [0.05, 0.1) is 18.9 Å². The van der Waals surface area contributed by atoms with Crippen molar-refractivity contribution in [2.24, 2.45) is 5.10 Å². The van der Waals surface area contributed by atoms with Gasteiger partial charge in [-0.25, -0.2) is 5.43 Å². The highest BCUT2D eigenvalue weighted by molar-refractivity contribution is 6.35. The summed E-state index contributed by atoms with van der Waals surface area (Å²) in [5.41, 5.74) is 1.62. The zero-order chi connectivity index (χ0) is 25.1. The summed E-state index contributed by atoms with van der Waals surface area (Å²) in [6, 6.07) is 8.71. The van der Waals surface area contributed by atoms with E-state index < -0.39 is 36.1 Å². The number of halogens is 3. The summed E-state index contributed by atoms with van der Waals surface area (Å²) < 4.78 is 48.9. The molecule has 0 fully saturated rings. The zero-order valence-electron chi connectivity index (χ0n) is 17.9. The third-order valence-electron chi connectivity index (χ3n) is 4.01. The Balaban J connectivity index is 1.94. The van der Waals surface area contributed by atoms with E-state index in [4.69, 9.17) is 9.47 Å². The number of carbonyl (C=O) groups excluding carboxylic acids is 3. The lowest BCUT2D eigenvalue weighted by Gasteiger charge is -2.12. The number of methoxy groups -OCH3 is 1. The maximum atomic E-state index is 12.8. The van der Waals surface area contributed by atoms with E-state index in [9.17, 15) is 27.6 Å². The van der Waals surface area contributed by atoms with Crippen LogP contribution in [-0.4, -0.2) is 44.2 Å². The standard InChI is InChI=1S/C22H21F3N4O5/c1-3-9-26-20(31)21(32)29-27-12-14-7-8-17(18(10-14)33-2)34-13-19(30)28-16-6-4-5-15(11-16)22(23,24)25/h3-8,10-12H,1,9,13H2,2H3,(H,26,31)(H,28,30)(H,29,32)/b27-12-. The molecule has 0 saturated carbocycles. The van der Waals surface area contributed by atoms with Crippen LogP contribution in [0.25, 0.3) is 0 Å². The van der Waals surface area contributed by atoms with Crippen LogP contribution < -0.4 is 25.5 Å². The summed E-state index contributed by atoms with van der Waals surface area (Å²) in [4.78, 5) is 35.1. The lowest BCUT2D eigenvalue weighted by Crippen LogP contribution is -2.37. The number of benzene rings is 2. The molecule has 0 aliphatic rings. The Labute approximate surface area is 192 Å². The van der Waals surface area contributed by atoms with E-state index in [1.165, 1.54) is 49.7 Å². The molecule has 3 amide bonds. The number of hydrogen-bond acceptors (Lipinski definition) is 6. The summed E-state index contributed by atoms with van der Waals surface area (Å²) in [6.07, 6.45) is -1.86. The third kappa shape index (κ3) is 7.97. The van der Waals surface area contributed by atoms with E-state index in [0.29, 0.717) is 5.56 Å². The Morgan fingerprint density at radius 3 is 2.53 bits per heavy atom. The number of hydrogen-bond donors (Lipinski definition) is 3. The number of nitrogens with zero attached hydrogens (tertiary/aromatic N) is 1. The van der Waals surface area contributed by atoms with Gasteiger partial charge in [0.1, 0.15) is 0 Å². The lowest BCUT2D eigenvalue weighted by molar-refractivity contribution is -0.139. The second kappa shape index (κ2) is 12.0. The van der Waals surface area contributed by atoms with Crippen LogP contribution in [0, 0.1) is 0 Å². The van der Waals surface area contributed by atoms with Crippen LogP contribution in [0.4, 0.5) is 18.9 Å². The molecule has 3 N–H and O–H groups in total. The van der Waals surface area contributed by atoms with Crippen molar-refractivity contribution in [3.63, 3.8) is 0 Å². The highest BCUT2D eigenvalue weighted by Crippen LogP contribution is 2.31. The molecule has 2 aromatic rings. The van der Waals surface area contributed by atoms with E-state index in [-0.39, 0.29) is 23.7 Å². The molecule has 2 aromatic carbocycles. The monoisotopic (exact) mass is 478 g/mol. The Morgan fingerprint density at radius 1 is 1.09 bits per heavy atom. The van der Waals surface area contributed by atoms with Gasteiger partial charge in [0.25, 0.3) is 5.91 Å². The summed E-state index contributed by atoms with van der Waals surface area (Å²) in [7, 11) is 1.36. The van der Waals surface area contributed by atoms with Gasteiger partial charge in [-0.3, -0.25) is 14.4 Å². The summed E-state index contributed by atoms with van der Waals surface area (Å²) in [6.45, 7) is 3.05. The van der Waals surface area contributed by atoms with E-state index in [1.807, 2.05) is 0 Å². The topological polar surface area (TPSA) is 118 Å². The zero-order valence-corrected chi connectivity index (χ0v) is 17.9. The first-order chi connectivity index (χ1) is 16.1. The average molecular weight is 478 g/mol. The number of anilines is 1. The van der Waals surface area contributed by atoms with Gasteiger partial charge in [0.15, 0.2) is 18.1 Å². The molecule has 0 unspecified atom stereocenters. The minimum absolute atomic E-state index is 0.0258. The number of ether oxygens (including phenoxy) is 2. The molecule has 34 heavy (non-hydrogen) atoms. The van der Waals surface area contributed by atoms with Gasteiger partial charge >= 0.3 is 18.0 Å². The van der Waals surface area contributed by atoms with E-state index in [1.54, 1.807) is 0 Å². The van der Waals surface area contributed by atoms with Crippen molar-refractivity contribution in [3.8, 4) is 11.5 Å². The summed E-state index contributed by atoms with van der Waals surface area (Å²) in [5.74, 6) is -2.10. The van der Waals surface area contributed by atoms with E-state index >= 15 is 0 Å². The number of alkyl halides is 3. The normalized spacial score (nSPS) is 10.9. The molecular formula is C22H21F3N4O5. The number of amides is 3. The summed E-state index contributed by atoms with van der Waals surface area (Å²) in [5, 5.41) is 8.29. The molecule has 2 rings (SSSR count). The molecule has 12 heteroatoms. The van der Waals surface area contributed by atoms with Crippen LogP contribution in [0.15, 0.2) is 60.2 Å². The van der Waals surface area contributed by atoms with E-state index in [0.717, 1.165) is 12.1 Å². The van der Waals surface area contributed by atoms with Gasteiger partial charge in [0, 0.05) is 12.2 Å². The fourth-order valence-electron chi connectivity index (χ4n) is 2.46. The third-order valence-corrected chi connectivity index (χ3v) is 4.01. The summed E-state index contributed by atoms with van der Waals surface area (Å²) >= 11 is 0. The molecule has 0 aromatic heterocycles. The molecule has 0 heterocycles. The maximum absolute atomic E-state index is 12.8. The fourth-order valence-corrected chi connectivity index (χ4v) is 2.46. The smallest absolute Gasteiger partial charge is 0.416 e. The fraction of sp³-hybridized carbons (Fsp3) is 0.182. The van der Waals surface area contributed by atoms with Crippen molar-refractivity contribution in [2.45, 2.75) is 6.18 Å². The highest BCUT2D eigenvalue weighted by atomic mass is 19.4. The van der Waals surface area contributed by atoms with Gasteiger partial charge in [-0.15, -0.1) is 6.58 Å². The molecular weight excluding hydrogens is 457 g/mol. The van der Waals surface area contributed by atoms with Gasteiger partial charge in [-0.2, -0.15) is 18.3 Å². The molecule has 180 valence electrons. The van der Waals surface area contributed by atoms with Crippen LogP contribution >= 0.6 is 0 Å². The largest absolute Gasteiger partial charge is 0.493 e. The van der Waals surface area contributed by atoms with Gasteiger partial charge in [0.2, 0.25) is 0 Å². The molecule has 0 spiro atoms. The second-order valence-electron chi connectivity index (χ2n) is 6.52. The number of hydrazone groups is 1. The molecule has 9 nitrogen and oxygen atoms in total. The Morgan fingerprint density at radius 2 is 1.85 bits per heavy atom. The Kier molecular flexibility index (Phi) is 9.18. The van der Waals surface area contributed by atoms with Crippen molar-refractivity contribution in [3.05, 3.63) is 66.2 Å². The van der Waals surface area contributed by atoms with Crippen LogP contribution in [0.5, 0.6) is 11.5 Å². The molecule has 0 radical (unpaired) electrons. The van der Waals surface area contributed by atoms with Gasteiger partial charge in [-0.1, -0.05) is 12.1 Å². The van der Waals surface area contributed by atoms with Crippen molar-refractivity contribution >= 4 is 29.6 Å². The van der Waals surface area contributed by atoms with Crippen molar-refractivity contribution < 1.29 is 37.0 Å². The number of rotatable bonds is 9. The predicted molar refractivity (Wildman–Crippen MR) is 118 cm³/mol. The molecule has 0 aliphatic heterocycles. The van der Waals surface area contributed by atoms with Crippen molar-refractivity contribution in [1.82, 2.24) is 10.7 Å². The number of carbonyl (C=O) groups is 3. The molecule has 0 atom stereocenters. The van der Waals surface area contributed by atoms with Crippen LogP contribution in [-0.2, 0) is 20.6 Å². The van der Waals surface area contributed by atoms with Gasteiger partial charge in [-0.05, 0) is 42.0 Å². The SMILES string of the molecule is C=CCNC(=O)C(=O)N/N=C\c1ccc(OCC(=O)Nc2cccc(C(F)(F)F)c2)c(OC)c1. The Bertz CT molecular complexity index is 1090. The Hall–Kier alpha value is -4.35. The molecule has 0 bridgehead atoms. The quantitative estimate of drug-likeness (QED) is 0.222. The van der Waals surface area contributed by atoms with Crippen LogP contribution in [0.2, 0.25) is 0 Å². The molecule has 0 saturated heterocycles. The highest BCUT2D eigenvalue weighted by Gasteiger charge is 2.30. The number of nitrogens with one attached hydrogen (secondary N) is 3.